The van der Waals surface area contributed by atoms with Gasteiger partial charge in [0.1, 0.15) is 17.1 Å². The minimum absolute atomic E-state index is 0.0180. The number of aryl methyl sites for hydroxylation is 1. The lowest BCUT2D eigenvalue weighted by Crippen LogP contribution is -2.22. The Hall–Kier alpha value is -3.21. The quantitative estimate of drug-likeness (QED) is 0.435. The molecular weight excluding hydrogens is 435 g/mol. The molecule has 4 rings (SSSR count). The molecule has 12 heteroatoms. The van der Waals surface area contributed by atoms with Crippen LogP contribution in [0.5, 0.6) is 5.75 Å². The number of imidazole rings is 1. The molecule has 30 heavy (non-hydrogen) atoms. The molecule has 0 saturated heterocycles. The predicted octanol–water partition coefficient (Wildman–Crippen LogP) is 4.55. The maximum atomic E-state index is 13.3. The molecule has 1 aromatic carbocycles. The Bertz CT molecular complexity index is 1350. The molecule has 4 aromatic rings. The minimum Gasteiger partial charge on any atom is -0.435 e. The van der Waals surface area contributed by atoms with E-state index in [0.29, 0.717) is 5.52 Å². The number of aromatic nitrogens is 4. The van der Waals surface area contributed by atoms with Crippen LogP contribution in [0.2, 0.25) is 5.02 Å². The number of halogens is 6. The van der Waals surface area contributed by atoms with Crippen molar-refractivity contribution in [3.63, 3.8) is 0 Å². The van der Waals surface area contributed by atoms with Gasteiger partial charge < -0.3 is 9.30 Å². The highest BCUT2D eigenvalue weighted by atomic mass is 35.5. The van der Waals surface area contributed by atoms with Crippen molar-refractivity contribution >= 4 is 33.7 Å². The van der Waals surface area contributed by atoms with Crippen molar-refractivity contribution in [3.05, 3.63) is 57.7 Å². The molecule has 0 aliphatic rings. The molecule has 0 bridgehead atoms. The third-order valence-corrected chi connectivity index (χ3v) is 4.66. The number of hydrogen-bond donors (Lipinski definition) is 0. The van der Waals surface area contributed by atoms with Gasteiger partial charge in [-0.3, -0.25) is 9.36 Å². The van der Waals surface area contributed by atoms with Crippen molar-refractivity contribution in [2.24, 2.45) is 7.05 Å². The number of alkyl halides is 5. The van der Waals surface area contributed by atoms with Gasteiger partial charge in [0.05, 0.1) is 22.6 Å². The fourth-order valence-corrected chi connectivity index (χ4v) is 3.39. The highest BCUT2D eigenvalue weighted by Crippen LogP contribution is 2.33. The lowest BCUT2D eigenvalue weighted by molar-refractivity contribution is -0.141. The molecule has 0 amide bonds. The van der Waals surface area contributed by atoms with Crippen molar-refractivity contribution in [1.29, 1.82) is 0 Å². The van der Waals surface area contributed by atoms with Crippen LogP contribution < -0.4 is 10.3 Å². The standard InChI is InChI=1S/C18H10ClF5N4O2/c1-27-7-25-13-14(27)9-3-5-12(18(22,23)24)26-15(9)28(16(13)29)11-4-2-8(6-10(11)19)30-17(20)21/h2-7,17H,1H3. The van der Waals surface area contributed by atoms with Crippen molar-refractivity contribution in [2.75, 3.05) is 0 Å². The summed E-state index contributed by atoms with van der Waals surface area (Å²) in [5.74, 6) is -0.279. The molecule has 0 spiro atoms. The normalized spacial score (nSPS) is 12.3. The molecule has 0 fully saturated rings. The summed E-state index contributed by atoms with van der Waals surface area (Å²) in [5, 5.41) is 0.0209. The van der Waals surface area contributed by atoms with E-state index in [-0.39, 0.29) is 33.0 Å². The fourth-order valence-electron chi connectivity index (χ4n) is 3.14. The molecule has 0 unspecified atom stereocenters. The van der Waals surface area contributed by atoms with Gasteiger partial charge in [0.15, 0.2) is 5.52 Å². The SMILES string of the molecule is Cn1cnc2c(=O)n(-c3ccc(OC(F)F)cc3Cl)c3nc(C(F)(F)F)ccc3c21. The Kier molecular flexibility index (Phi) is 4.64. The molecule has 0 atom stereocenters. The second-order valence-electron chi connectivity index (χ2n) is 6.25. The number of pyridine rings is 2. The fraction of sp³-hybridized carbons (Fsp3) is 0.167. The first-order valence-corrected chi connectivity index (χ1v) is 8.64. The summed E-state index contributed by atoms with van der Waals surface area (Å²) < 4.78 is 71.2. The second kappa shape index (κ2) is 6.94. The lowest BCUT2D eigenvalue weighted by Gasteiger charge is -2.15. The maximum absolute atomic E-state index is 13.3. The Balaban J connectivity index is 2.10. The van der Waals surface area contributed by atoms with E-state index in [2.05, 4.69) is 14.7 Å². The predicted molar refractivity (Wildman–Crippen MR) is 98.3 cm³/mol. The van der Waals surface area contributed by atoms with E-state index in [1.165, 1.54) is 23.0 Å². The number of fused-ring (bicyclic) bond motifs is 3. The summed E-state index contributed by atoms with van der Waals surface area (Å²) in [6.07, 6.45) is -3.41. The summed E-state index contributed by atoms with van der Waals surface area (Å²) in [5.41, 5.74) is -2.08. The van der Waals surface area contributed by atoms with Crippen LogP contribution in [0.1, 0.15) is 5.69 Å². The zero-order chi connectivity index (χ0) is 21.8. The van der Waals surface area contributed by atoms with Crippen LogP contribution in [0.25, 0.3) is 27.8 Å². The Labute approximate surface area is 169 Å². The Morgan fingerprint density at radius 3 is 2.53 bits per heavy atom. The van der Waals surface area contributed by atoms with Crippen molar-refractivity contribution in [1.82, 2.24) is 19.1 Å². The highest BCUT2D eigenvalue weighted by Gasteiger charge is 2.33. The summed E-state index contributed by atoms with van der Waals surface area (Å²) in [6, 6.07) is 5.30. The van der Waals surface area contributed by atoms with Crippen LogP contribution in [0.4, 0.5) is 22.0 Å². The molecule has 156 valence electrons. The van der Waals surface area contributed by atoms with Gasteiger partial charge in [0, 0.05) is 18.5 Å². The number of benzene rings is 1. The number of ether oxygens (including phenoxy) is 1. The molecule has 3 aromatic heterocycles. The molecule has 0 N–H and O–H groups in total. The van der Waals surface area contributed by atoms with E-state index < -0.39 is 24.0 Å². The van der Waals surface area contributed by atoms with Gasteiger partial charge in [-0.05, 0) is 24.3 Å². The van der Waals surface area contributed by atoms with Gasteiger partial charge in [-0.25, -0.2) is 9.97 Å². The first kappa shape index (κ1) is 20.1. The van der Waals surface area contributed by atoms with Gasteiger partial charge in [-0.2, -0.15) is 22.0 Å². The van der Waals surface area contributed by atoms with Gasteiger partial charge in [0.25, 0.3) is 5.56 Å². The number of nitrogens with zero attached hydrogens (tertiary/aromatic N) is 4. The van der Waals surface area contributed by atoms with Gasteiger partial charge in [-0.1, -0.05) is 11.6 Å². The maximum Gasteiger partial charge on any atom is 0.433 e. The van der Waals surface area contributed by atoms with Crippen molar-refractivity contribution in [2.45, 2.75) is 12.8 Å². The van der Waals surface area contributed by atoms with Crippen LogP contribution in [0, 0.1) is 0 Å². The average molecular weight is 445 g/mol. The smallest absolute Gasteiger partial charge is 0.433 e. The van der Waals surface area contributed by atoms with E-state index in [4.69, 9.17) is 11.6 Å². The largest absolute Gasteiger partial charge is 0.435 e. The second-order valence-corrected chi connectivity index (χ2v) is 6.66. The summed E-state index contributed by atoms with van der Waals surface area (Å²) in [6.45, 7) is -3.10. The first-order valence-electron chi connectivity index (χ1n) is 8.26. The summed E-state index contributed by atoms with van der Waals surface area (Å²) in [4.78, 5) is 20.8. The Morgan fingerprint density at radius 1 is 1.17 bits per heavy atom. The van der Waals surface area contributed by atoms with Crippen LogP contribution >= 0.6 is 11.6 Å². The lowest BCUT2D eigenvalue weighted by atomic mass is 10.2. The summed E-state index contributed by atoms with van der Waals surface area (Å²) >= 11 is 6.15. The monoisotopic (exact) mass is 444 g/mol. The zero-order valence-electron chi connectivity index (χ0n) is 14.9. The van der Waals surface area contributed by atoms with Gasteiger partial charge in [0.2, 0.25) is 0 Å². The summed E-state index contributed by atoms with van der Waals surface area (Å²) in [7, 11) is 1.58. The topological polar surface area (TPSA) is 61.9 Å². The first-order chi connectivity index (χ1) is 14.1. The van der Waals surface area contributed by atoms with Crippen LogP contribution in [0.15, 0.2) is 41.5 Å². The molecule has 3 heterocycles. The van der Waals surface area contributed by atoms with E-state index in [9.17, 15) is 26.7 Å². The van der Waals surface area contributed by atoms with E-state index in [0.717, 1.165) is 22.8 Å². The molecule has 0 aliphatic heterocycles. The van der Waals surface area contributed by atoms with E-state index >= 15 is 0 Å². The van der Waals surface area contributed by atoms with Gasteiger partial charge in [-0.15, -0.1) is 0 Å². The third-order valence-electron chi connectivity index (χ3n) is 4.36. The average Bonchev–Trinajstić information content (AvgIpc) is 3.04. The van der Waals surface area contributed by atoms with E-state index in [1.807, 2.05) is 0 Å². The third kappa shape index (κ3) is 3.24. The van der Waals surface area contributed by atoms with Crippen LogP contribution in [0.3, 0.4) is 0 Å². The van der Waals surface area contributed by atoms with Crippen LogP contribution in [-0.4, -0.2) is 25.7 Å². The number of hydrogen-bond acceptors (Lipinski definition) is 4. The molecule has 6 nitrogen and oxygen atoms in total. The van der Waals surface area contributed by atoms with Crippen molar-refractivity contribution < 1.29 is 26.7 Å². The molecule has 0 aliphatic carbocycles. The van der Waals surface area contributed by atoms with Gasteiger partial charge >= 0.3 is 12.8 Å². The highest BCUT2D eigenvalue weighted by molar-refractivity contribution is 6.32. The van der Waals surface area contributed by atoms with Crippen LogP contribution in [-0.2, 0) is 13.2 Å². The van der Waals surface area contributed by atoms with E-state index in [1.54, 1.807) is 7.05 Å². The zero-order valence-corrected chi connectivity index (χ0v) is 15.7. The molecule has 0 radical (unpaired) electrons. The molecular formula is C18H10ClF5N4O2. The molecule has 0 saturated carbocycles. The number of rotatable bonds is 3. The minimum atomic E-state index is -4.75. The Morgan fingerprint density at radius 2 is 1.90 bits per heavy atom. The van der Waals surface area contributed by atoms with Crippen molar-refractivity contribution in [3.8, 4) is 11.4 Å².